The molecule has 0 aliphatic heterocycles. The summed E-state index contributed by atoms with van der Waals surface area (Å²) in [4.78, 5) is 1.44. The summed E-state index contributed by atoms with van der Waals surface area (Å²) >= 11 is 0. The smallest absolute Gasteiger partial charge is 0.382 e. The normalized spacial score (nSPS) is 15.8. The van der Waals surface area contributed by atoms with Crippen LogP contribution in [0.25, 0.3) is 0 Å². The molecule has 0 heterocycles. The molecule has 15 heavy (non-hydrogen) atoms. The van der Waals surface area contributed by atoms with Crippen molar-refractivity contribution in [2.24, 2.45) is 11.1 Å². The molecule has 0 bridgehead atoms. The Hall–Kier alpha value is -0.330. The molecule has 0 aromatic carbocycles. The Morgan fingerprint density at radius 2 is 1.80 bits per heavy atom. The fraction of sp³-hybridized carbons (Fsp3) is 1.00. The van der Waals surface area contributed by atoms with Gasteiger partial charge in [0.1, 0.15) is 0 Å². The van der Waals surface area contributed by atoms with Gasteiger partial charge in [-0.1, -0.05) is 13.8 Å². The summed E-state index contributed by atoms with van der Waals surface area (Å²) in [7, 11) is 1.53. The molecule has 0 saturated heterocycles. The number of rotatable bonds is 5. The highest BCUT2D eigenvalue weighted by atomic mass is 19.4. The minimum Gasteiger partial charge on any atom is -0.382 e. The van der Waals surface area contributed by atoms with Crippen molar-refractivity contribution in [3.8, 4) is 0 Å². The van der Waals surface area contributed by atoms with Gasteiger partial charge in [0.25, 0.3) is 0 Å². The minimum atomic E-state index is -4.55. The molecule has 0 spiro atoms. The zero-order valence-corrected chi connectivity index (χ0v) is 9.30. The van der Waals surface area contributed by atoms with Crippen molar-refractivity contribution in [3.63, 3.8) is 0 Å². The third-order valence-corrected chi connectivity index (χ3v) is 2.11. The van der Waals surface area contributed by atoms with E-state index in [-0.39, 0.29) is 5.41 Å². The van der Waals surface area contributed by atoms with Gasteiger partial charge in [0.05, 0.1) is 0 Å². The molecule has 0 aliphatic rings. The lowest BCUT2D eigenvalue weighted by molar-refractivity contribution is -0.207. The van der Waals surface area contributed by atoms with E-state index in [0.29, 0.717) is 13.1 Å². The zero-order valence-electron chi connectivity index (χ0n) is 9.30. The molecular formula is C9H19F3N2O. The predicted octanol–water partition coefficient (Wildman–Crippen LogP) is 0.826. The van der Waals surface area contributed by atoms with Gasteiger partial charge in [-0.15, -0.1) is 0 Å². The first-order valence-corrected chi connectivity index (χ1v) is 4.72. The van der Waals surface area contributed by atoms with E-state index in [9.17, 15) is 13.2 Å². The maximum absolute atomic E-state index is 12.0. The largest absolute Gasteiger partial charge is 0.415 e. The Balaban J connectivity index is 4.10. The maximum atomic E-state index is 12.0. The summed E-state index contributed by atoms with van der Waals surface area (Å²) in [6, 6.07) is 0. The van der Waals surface area contributed by atoms with Crippen LogP contribution in [0.1, 0.15) is 13.8 Å². The Labute approximate surface area is 88.0 Å². The first-order chi connectivity index (χ1) is 6.58. The quantitative estimate of drug-likeness (QED) is 0.732. The van der Waals surface area contributed by atoms with Gasteiger partial charge in [-0.05, 0) is 19.0 Å². The molecule has 0 aliphatic carbocycles. The van der Waals surface area contributed by atoms with Gasteiger partial charge >= 0.3 is 6.18 Å². The van der Waals surface area contributed by atoms with E-state index in [1.54, 1.807) is 0 Å². The second-order valence-corrected chi connectivity index (χ2v) is 4.62. The first-order valence-electron chi connectivity index (χ1n) is 4.72. The second-order valence-electron chi connectivity index (χ2n) is 4.62. The topological polar surface area (TPSA) is 49.5 Å². The van der Waals surface area contributed by atoms with Crippen molar-refractivity contribution in [1.29, 1.82) is 0 Å². The first kappa shape index (κ1) is 14.7. The summed E-state index contributed by atoms with van der Waals surface area (Å²) in [5, 5.41) is 8.83. The van der Waals surface area contributed by atoms with Crippen LogP contribution in [0.2, 0.25) is 0 Å². The van der Waals surface area contributed by atoms with Gasteiger partial charge in [0.15, 0.2) is 6.10 Å². The van der Waals surface area contributed by atoms with E-state index >= 15 is 0 Å². The lowest BCUT2D eigenvalue weighted by Gasteiger charge is -2.30. The van der Waals surface area contributed by atoms with Gasteiger partial charge in [-0.3, -0.25) is 0 Å². The van der Waals surface area contributed by atoms with Crippen molar-refractivity contribution in [2.45, 2.75) is 26.1 Å². The summed E-state index contributed by atoms with van der Waals surface area (Å²) in [6.07, 6.45) is -6.85. The molecule has 6 heteroatoms. The van der Waals surface area contributed by atoms with Crippen molar-refractivity contribution in [1.82, 2.24) is 4.90 Å². The highest BCUT2D eigenvalue weighted by Crippen LogP contribution is 2.21. The number of aliphatic hydroxyl groups excluding tert-OH is 1. The van der Waals surface area contributed by atoms with Crippen LogP contribution < -0.4 is 5.73 Å². The molecule has 0 aromatic rings. The second kappa shape index (κ2) is 5.14. The molecule has 3 N–H and O–H groups in total. The molecule has 0 amide bonds. The molecule has 1 atom stereocenters. The maximum Gasteiger partial charge on any atom is 0.415 e. The van der Waals surface area contributed by atoms with Crippen molar-refractivity contribution in [2.75, 3.05) is 26.7 Å². The number of aliphatic hydroxyl groups is 1. The number of nitrogens with zero attached hydrogens (tertiary/aromatic N) is 1. The molecule has 92 valence electrons. The summed E-state index contributed by atoms with van der Waals surface area (Å²) < 4.78 is 36.1. The van der Waals surface area contributed by atoms with Crippen LogP contribution in [0.4, 0.5) is 13.2 Å². The summed E-state index contributed by atoms with van der Waals surface area (Å²) in [6.45, 7) is 4.11. The summed E-state index contributed by atoms with van der Waals surface area (Å²) in [5.41, 5.74) is 5.21. The van der Waals surface area contributed by atoms with E-state index in [2.05, 4.69) is 0 Å². The van der Waals surface area contributed by atoms with Gasteiger partial charge in [0, 0.05) is 13.1 Å². The highest BCUT2D eigenvalue weighted by molar-refractivity contribution is 4.76. The third kappa shape index (κ3) is 5.96. The van der Waals surface area contributed by atoms with Crippen LogP contribution in [0.15, 0.2) is 0 Å². The van der Waals surface area contributed by atoms with Crippen LogP contribution in [-0.4, -0.2) is 49.0 Å². The number of likely N-dealkylation sites (N-methyl/N-ethyl adjacent to an activating group) is 1. The lowest BCUT2D eigenvalue weighted by atomic mass is 9.93. The highest BCUT2D eigenvalue weighted by Gasteiger charge is 2.39. The van der Waals surface area contributed by atoms with Crippen LogP contribution >= 0.6 is 0 Å². The number of hydrogen-bond acceptors (Lipinski definition) is 3. The fourth-order valence-corrected chi connectivity index (χ4v) is 1.26. The Kier molecular flexibility index (Phi) is 5.02. The standard InChI is InChI=1S/C9H19F3N2O/c1-8(2,5-13)6-14(3)4-7(15)9(10,11)12/h7,15H,4-6,13H2,1-3H3. The summed E-state index contributed by atoms with van der Waals surface area (Å²) in [5.74, 6) is 0. The van der Waals surface area contributed by atoms with Gasteiger partial charge in [0.2, 0.25) is 0 Å². The molecule has 0 rings (SSSR count). The minimum absolute atomic E-state index is 0.250. The van der Waals surface area contributed by atoms with Crippen molar-refractivity contribution >= 4 is 0 Å². The van der Waals surface area contributed by atoms with E-state index in [4.69, 9.17) is 10.8 Å². The molecule has 0 aromatic heterocycles. The average molecular weight is 228 g/mol. The Bertz CT molecular complexity index is 194. The number of halogens is 3. The van der Waals surface area contributed by atoms with Crippen LogP contribution in [0.5, 0.6) is 0 Å². The van der Waals surface area contributed by atoms with Crippen LogP contribution in [-0.2, 0) is 0 Å². The third-order valence-electron chi connectivity index (χ3n) is 2.11. The Morgan fingerprint density at radius 1 is 1.33 bits per heavy atom. The van der Waals surface area contributed by atoms with Crippen LogP contribution in [0, 0.1) is 5.41 Å². The van der Waals surface area contributed by atoms with Gasteiger partial charge in [-0.2, -0.15) is 13.2 Å². The molecule has 3 nitrogen and oxygen atoms in total. The molecular weight excluding hydrogens is 209 g/mol. The molecule has 0 fully saturated rings. The van der Waals surface area contributed by atoms with Crippen molar-refractivity contribution < 1.29 is 18.3 Å². The number of hydrogen-bond donors (Lipinski definition) is 2. The predicted molar refractivity (Wildman–Crippen MR) is 52.4 cm³/mol. The monoisotopic (exact) mass is 228 g/mol. The van der Waals surface area contributed by atoms with Crippen molar-refractivity contribution in [3.05, 3.63) is 0 Å². The van der Waals surface area contributed by atoms with Crippen LogP contribution in [0.3, 0.4) is 0 Å². The van der Waals surface area contributed by atoms with E-state index in [0.717, 1.165) is 0 Å². The number of nitrogens with two attached hydrogens (primary N) is 1. The van der Waals surface area contributed by atoms with E-state index < -0.39 is 18.8 Å². The van der Waals surface area contributed by atoms with E-state index in [1.165, 1.54) is 11.9 Å². The van der Waals surface area contributed by atoms with Gasteiger partial charge < -0.3 is 15.7 Å². The fourth-order valence-electron chi connectivity index (χ4n) is 1.26. The lowest BCUT2D eigenvalue weighted by Crippen LogP contribution is -2.44. The van der Waals surface area contributed by atoms with E-state index in [1.807, 2.05) is 13.8 Å². The zero-order chi connectivity index (χ0) is 12.3. The molecule has 1 unspecified atom stereocenters. The molecule has 0 saturated carbocycles. The SMILES string of the molecule is CN(CC(O)C(F)(F)F)CC(C)(C)CN. The Morgan fingerprint density at radius 3 is 2.13 bits per heavy atom. The number of alkyl halides is 3. The average Bonchev–Trinajstić information content (AvgIpc) is 2.01. The molecule has 0 radical (unpaired) electrons. The van der Waals surface area contributed by atoms with Gasteiger partial charge in [-0.25, -0.2) is 0 Å².